The van der Waals surface area contributed by atoms with E-state index >= 15 is 0 Å². The summed E-state index contributed by atoms with van der Waals surface area (Å²) < 4.78 is 41.1. The topological polar surface area (TPSA) is 38.3 Å². The van der Waals surface area contributed by atoms with E-state index in [1.54, 1.807) is 6.07 Å². The Kier molecular flexibility index (Phi) is 4.70. The quantitative estimate of drug-likeness (QED) is 0.832. The molecule has 0 atom stereocenters. The first-order chi connectivity index (χ1) is 10.6. The smallest absolute Gasteiger partial charge is 0.404 e. The molecule has 0 aliphatic heterocycles. The van der Waals surface area contributed by atoms with Crippen molar-refractivity contribution in [1.82, 2.24) is 0 Å². The molecule has 0 aliphatic rings. The van der Waals surface area contributed by atoms with Gasteiger partial charge in [-0.2, -0.15) is 0 Å². The molecule has 23 heavy (non-hydrogen) atoms. The van der Waals surface area contributed by atoms with Crippen molar-refractivity contribution in [2.75, 3.05) is 5.32 Å². The maximum atomic E-state index is 12.4. The van der Waals surface area contributed by atoms with Crippen LogP contribution in [0.2, 0.25) is 0 Å². The summed E-state index contributed by atoms with van der Waals surface area (Å²) in [6.07, 6.45) is -4.82. The first-order valence-corrected chi connectivity index (χ1v) is 7.64. The third-order valence-corrected chi connectivity index (χ3v) is 4.44. The Morgan fingerprint density at radius 3 is 2.30 bits per heavy atom. The molecule has 1 aromatic heterocycles. The van der Waals surface area contributed by atoms with Gasteiger partial charge in [0.15, 0.2) is 5.75 Å². The van der Waals surface area contributed by atoms with Gasteiger partial charge >= 0.3 is 6.36 Å². The van der Waals surface area contributed by atoms with Gasteiger partial charge in [0.2, 0.25) is 0 Å². The number of carbonyl (C=O) groups is 1. The highest BCUT2D eigenvalue weighted by atomic mass is 32.1. The zero-order valence-corrected chi connectivity index (χ0v) is 13.6. The monoisotopic (exact) mass is 343 g/mol. The SMILES string of the molecule is CC(C)(C)c1ccc(C(=O)Nc2ccccc2OC(F)(F)F)s1. The Morgan fingerprint density at radius 1 is 1.09 bits per heavy atom. The molecule has 0 saturated heterocycles. The summed E-state index contributed by atoms with van der Waals surface area (Å²) in [5, 5.41) is 2.46. The van der Waals surface area contributed by atoms with Crippen molar-refractivity contribution in [2.24, 2.45) is 0 Å². The molecule has 1 heterocycles. The molecule has 7 heteroatoms. The lowest BCUT2D eigenvalue weighted by Gasteiger charge is -2.15. The Morgan fingerprint density at radius 2 is 1.74 bits per heavy atom. The van der Waals surface area contributed by atoms with E-state index in [4.69, 9.17) is 0 Å². The molecule has 1 aromatic carbocycles. The second-order valence-electron chi connectivity index (χ2n) is 5.91. The van der Waals surface area contributed by atoms with Crippen LogP contribution in [0.4, 0.5) is 18.9 Å². The minimum Gasteiger partial charge on any atom is -0.404 e. The van der Waals surface area contributed by atoms with E-state index < -0.39 is 18.0 Å². The number of alkyl halides is 3. The van der Waals surface area contributed by atoms with E-state index in [1.807, 2.05) is 26.8 Å². The lowest BCUT2D eigenvalue weighted by molar-refractivity contribution is -0.274. The standard InChI is InChI=1S/C16H16F3NO2S/c1-15(2,3)13-9-8-12(23-13)14(21)20-10-6-4-5-7-11(10)22-16(17,18)19/h4-9H,1-3H3,(H,20,21). The number of anilines is 1. The fraction of sp³-hybridized carbons (Fsp3) is 0.312. The van der Waals surface area contributed by atoms with Gasteiger partial charge in [0.25, 0.3) is 5.91 Å². The molecule has 0 saturated carbocycles. The molecule has 3 nitrogen and oxygen atoms in total. The predicted octanol–water partition coefficient (Wildman–Crippen LogP) is 5.20. The van der Waals surface area contributed by atoms with Crippen molar-refractivity contribution in [2.45, 2.75) is 32.5 Å². The normalized spacial score (nSPS) is 12.1. The third kappa shape index (κ3) is 4.72. The molecule has 0 fully saturated rings. The number of rotatable bonds is 3. The van der Waals surface area contributed by atoms with Crippen LogP contribution >= 0.6 is 11.3 Å². The third-order valence-electron chi connectivity index (χ3n) is 2.93. The molecule has 124 valence electrons. The minimum absolute atomic E-state index is 0.0273. The number of hydrogen-bond donors (Lipinski definition) is 1. The van der Waals surface area contributed by atoms with Gasteiger partial charge < -0.3 is 10.1 Å². The number of carbonyl (C=O) groups excluding carboxylic acids is 1. The van der Waals surface area contributed by atoms with Crippen LogP contribution in [0.5, 0.6) is 5.75 Å². The van der Waals surface area contributed by atoms with Gasteiger partial charge in [0.05, 0.1) is 10.6 Å². The van der Waals surface area contributed by atoms with Crippen LogP contribution in [0.3, 0.4) is 0 Å². The van der Waals surface area contributed by atoms with Crippen molar-refractivity contribution in [3.63, 3.8) is 0 Å². The number of ether oxygens (including phenoxy) is 1. The number of thiophene rings is 1. The van der Waals surface area contributed by atoms with E-state index in [9.17, 15) is 18.0 Å². The fourth-order valence-electron chi connectivity index (χ4n) is 1.83. The number of nitrogens with one attached hydrogen (secondary N) is 1. The summed E-state index contributed by atoms with van der Waals surface area (Å²) in [6.45, 7) is 6.06. The van der Waals surface area contributed by atoms with Crippen molar-refractivity contribution in [3.8, 4) is 5.75 Å². The van der Waals surface area contributed by atoms with Gasteiger partial charge in [-0.05, 0) is 29.7 Å². The molecular formula is C16H16F3NO2S. The van der Waals surface area contributed by atoms with Crippen molar-refractivity contribution in [3.05, 3.63) is 46.2 Å². The van der Waals surface area contributed by atoms with E-state index in [0.717, 1.165) is 10.9 Å². The van der Waals surface area contributed by atoms with Crippen molar-refractivity contribution in [1.29, 1.82) is 0 Å². The average molecular weight is 343 g/mol. The number of benzene rings is 1. The lowest BCUT2D eigenvalue weighted by atomic mass is 9.95. The van der Waals surface area contributed by atoms with Crippen LogP contribution in [0.25, 0.3) is 0 Å². The molecule has 0 aliphatic carbocycles. The first kappa shape index (κ1) is 17.3. The van der Waals surface area contributed by atoms with Crippen LogP contribution in [0, 0.1) is 0 Å². The molecule has 0 bridgehead atoms. The Labute approximate surface area is 136 Å². The van der Waals surface area contributed by atoms with Gasteiger partial charge in [-0.15, -0.1) is 24.5 Å². The Hall–Kier alpha value is -2.02. The summed E-state index contributed by atoms with van der Waals surface area (Å²) in [5.41, 5.74) is -0.124. The molecular weight excluding hydrogens is 327 g/mol. The Bertz CT molecular complexity index is 702. The van der Waals surface area contributed by atoms with Gasteiger partial charge in [0.1, 0.15) is 0 Å². The molecule has 0 spiro atoms. The molecule has 0 unspecified atom stereocenters. The summed E-state index contributed by atoms with van der Waals surface area (Å²) >= 11 is 1.31. The maximum Gasteiger partial charge on any atom is 0.573 e. The average Bonchev–Trinajstić information content (AvgIpc) is 2.89. The fourth-order valence-corrected chi connectivity index (χ4v) is 2.79. The highest BCUT2D eigenvalue weighted by Gasteiger charge is 2.32. The summed E-state index contributed by atoms with van der Waals surface area (Å²) in [5.74, 6) is -0.912. The summed E-state index contributed by atoms with van der Waals surface area (Å²) in [4.78, 5) is 13.7. The molecule has 2 rings (SSSR count). The van der Waals surface area contributed by atoms with E-state index in [0.29, 0.717) is 4.88 Å². The van der Waals surface area contributed by atoms with Gasteiger partial charge in [0, 0.05) is 4.88 Å². The van der Waals surface area contributed by atoms with Crippen LogP contribution < -0.4 is 10.1 Å². The number of para-hydroxylation sites is 2. The lowest BCUT2D eigenvalue weighted by Crippen LogP contribution is -2.19. The minimum atomic E-state index is -4.82. The van der Waals surface area contributed by atoms with Crippen LogP contribution in [0.15, 0.2) is 36.4 Å². The highest BCUT2D eigenvalue weighted by Crippen LogP contribution is 2.32. The van der Waals surface area contributed by atoms with E-state index in [2.05, 4.69) is 10.1 Å². The number of halogens is 3. The van der Waals surface area contributed by atoms with Crippen LogP contribution in [-0.2, 0) is 5.41 Å². The van der Waals surface area contributed by atoms with Crippen molar-refractivity contribution >= 4 is 22.9 Å². The largest absolute Gasteiger partial charge is 0.573 e. The molecule has 1 amide bonds. The number of amides is 1. The zero-order valence-electron chi connectivity index (χ0n) is 12.8. The highest BCUT2D eigenvalue weighted by molar-refractivity contribution is 7.14. The van der Waals surface area contributed by atoms with Gasteiger partial charge in [-0.3, -0.25) is 4.79 Å². The molecule has 2 aromatic rings. The van der Waals surface area contributed by atoms with Crippen LogP contribution in [0.1, 0.15) is 35.3 Å². The van der Waals surface area contributed by atoms with Crippen LogP contribution in [-0.4, -0.2) is 12.3 Å². The summed E-state index contributed by atoms with van der Waals surface area (Å²) in [7, 11) is 0. The predicted molar refractivity (Wildman–Crippen MR) is 84.1 cm³/mol. The second-order valence-corrected chi connectivity index (χ2v) is 7.00. The maximum absolute atomic E-state index is 12.4. The number of hydrogen-bond acceptors (Lipinski definition) is 3. The van der Waals surface area contributed by atoms with E-state index in [1.165, 1.54) is 29.5 Å². The van der Waals surface area contributed by atoms with Crippen molar-refractivity contribution < 1.29 is 22.7 Å². The molecule has 0 radical (unpaired) electrons. The summed E-state index contributed by atoms with van der Waals surface area (Å²) in [6, 6.07) is 8.94. The molecule has 1 N–H and O–H groups in total. The zero-order chi connectivity index (χ0) is 17.3. The second kappa shape index (κ2) is 6.23. The van der Waals surface area contributed by atoms with Gasteiger partial charge in [-0.1, -0.05) is 32.9 Å². The van der Waals surface area contributed by atoms with Gasteiger partial charge in [-0.25, -0.2) is 0 Å². The first-order valence-electron chi connectivity index (χ1n) is 6.83. The van der Waals surface area contributed by atoms with E-state index in [-0.39, 0.29) is 11.1 Å². The Balaban J connectivity index is 2.19.